The van der Waals surface area contributed by atoms with Crippen LogP contribution in [0.15, 0.2) is 73.2 Å². The molecular weight excluding hydrogens is 491 g/mol. The third-order valence-electron chi connectivity index (χ3n) is 6.29. The number of nitrogens with zero attached hydrogens (tertiary/aromatic N) is 3. The van der Waals surface area contributed by atoms with E-state index in [9.17, 15) is 18.0 Å². The first-order valence-corrected chi connectivity index (χ1v) is 12.1. The quantitative estimate of drug-likeness (QED) is 0.386. The molecule has 0 radical (unpaired) electrons. The molecule has 1 fully saturated rings. The Balaban J connectivity index is 1.34. The van der Waals surface area contributed by atoms with E-state index in [1.807, 2.05) is 29.2 Å². The van der Waals surface area contributed by atoms with E-state index in [-0.39, 0.29) is 23.5 Å². The Hall–Kier alpha value is -4.26. The maximum Gasteiger partial charge on any atom is 0.416 e. The molecule has 1 aliphatic heterocycles. The molecule has 2 aromatic carbocycles. The lowest BCUT2D eigenvalue weighted by Crippen LogP contribution is -2.43. The highest BCUT2D eigenvalue weighted by molar-refractivity contribution is 6.04. The zero-order valence-electron chi connectivity index (χ0n) is 20.3. The molecule has 1 saturated heterocycles. The first-order chi connectivity index (χ1) is 18.4. The van der Waals surface area contributed by atoms with Crippen LogP contribution < -0.4 is 10.6 Å². The van der Waals surface area contributed by atoms with Gasteiger partial charge in [0.05, 0.1) is 11.1 Å². The van der Waals surface area contributed by atoms with E-state index < -0.39 is 17.6 Å². The molecule has 0 saturated carbocycles. The summed E-state index contributed by atoms with van der Waals surface area (Å²) in [6, 6.07) is 14.7. The predicted octanol–water partition coefficient (Wildman–Crippen LogP) is 4.71. The standard InChI is InChI=1S/C29H24F3N5O/c30-29(31,32)26-16-21(7-8-24(26)19-37-13-11-33-12-14-37)28(38)36-27-15-20(9-10-35-27)5-6-23-18-34-17-22-3-1-2-4-25(22)23/h1-4,7-10,15-18,33H,11-14,19H2,(H,35,36,38). The van der Waals surface area contributed by atoms with E-state index in [2.05, 4.69) is 32.4 Å². The Morgan fingerprint density at radius 2 is 1.84 bits per heavy atom. The fourth-order valence-electron chi connectivity index (χ4n) is 4.35. The van der Waals surface area contributed by atoms with Gasteiger partial charge < -0.3 is 10.6 Å². The average molecular weight is 516 g/mol. The van der Waals surface area contributed by atoms with E-state index in [4.69, 9.17) is 0 Å². The number of aromatic nitrogens is 2. The molecule has 0 bridgehead atoms. The van der Waals surface area contributed by atoms with Gasteiger partial charge in [-0.25, -0.2) is 4.98 Å². The van der Waals surface area contributed by atoms with Crippen LogP contribution in [0.3, 0.4) is 0 Å². The summed E-state index contributed by atoms with van der Waals surface area (Å²) in [5, 5.41) is 7.72. The number of rotatable bonds is 4. The molecule has 3 heterocycles. The molecule has 2 N–H and O–H groups in total. The summed E-state index contributed by atoms with van der Waals surface area (Å²) in [7, 11) is 0. The molecular formula is C29H24F3N5O. The fourth-order valence-corrected chi connectivity index (χ4v) is 4.35. The monoisotopic (exact) mass is 515 g/mol. The number of amides is 1. The summed E-state index contributed by atoms with van der Waals surface area (Å²) in [5.74, 6) is 5.65. The number of fused-ring (bicyclic) bond motifs is 1. The van der Waals surface area contributed by atoms with Crippen LogP contribution in [-0.4, -0.2) is 47.0 Å². The first kappa shape index (κ1) is 25.4. The number of carbonyl (C=O) groups is 1. The lowest BCUT2D eigenvalue weighted by atomic mass is 10.0. The molecule has 1 amide bonds. The third kappa shape index (κ3) is 5.99. The summed E-state index contributed by atoms with van der Waals surface area (Å²) in [6.07, 6.45) is 0.355. The summed E-state index contributed by atoms with van der Waals surface area (Å²) < 4.78 is 41.6. The molecule has 0 unspecified atom stereocenters. The molecule has 5 rings (SSSR count). The van der Waals surface area contributed by atoms with Crippen molar-refractivity contribution in [1.29, 1.82) is 0 Å². The van der Waals surface area contributed by atoms with Crippen molar-refractivity contribution >= 4 is 22.5 Å². The Kier molecular flexibility index (Phi) is 7.36. The van der Waals surface area contributed by atoms with Gasteiger partial charge in [-0.3, -0.25) is 14.7 Å². The fraction of sp³-hybridized carbons (Fsp3) is 0.207. The predicted molar refractivity (Wildman–Crippen MR) is 140 cm³/mol. The maximum atomic E-state index is 13.9. The van der Waals surface area contributed by atoms with Crippen LogP contribution in [0.5, 0.6) is 0 Å². The van der Waals surface area contributed by atoms with Gasteiger partial charge in [-0.1, -0.05) is 42.2 Å². The molecule has 0 spiro atoms. The number of benzene rings is 2. The smallest absolute Gasteiger partial charge is 0.314 e. The van der Waals surface area contributed by atoms with Gasteiger partial charge in [-0.2, -0.15) is 13.2 Å². The Labute approximate surface area is 217 Å². The lowest BCUT2D eigenvalue weighted by Gasteiger charge is -2.28. The van der Waals surface area contributed by atoms with Gasteiger partial charge in [0.15, 0.2) is 0 Å². The van der Waals surface area contributed by atoms with Crippen LogP contribution in [0.2, 0.25) is 0 Å². The van der Waals surface area contributed by atoms with Crippen molar-refractivity contribution in [3.63, 3.8) is 0 Å². The number of hydrogen-bond acceptors (Lipinski definition) is 5. The number of alkyl halides is 3. The SMILES string of the molecule is O=C(Nc1cc(C#Cc2cncc3ccccc23)ccn1)c1ccc(CN2CCNCC2)c(C(F)(F)F)c1. The summed E-state index contributed by atoms with van der Waals surface area (Å²) in [4.78, 5) is 23.2. The van der Waals surface area contributed by atoms with Gasteiger partial charge >= 0.3 is 6.18 Å². The Bertz CT molecular complexity index is 1530. The van der Waals surface area contributed by atoms with Crippen molar-refractivity contribution in [1.82, 2.24) is 20.2 Å². The maximum absolute atomic E-state index is 13.9. The first-order valence-electron chi connectivity index (χ1n) is 12.1. The minimum atomic E-state index is -4.58. The van der Waals surface area contributed by atoms with Crippen molar-refractivity contribution in [2.24, 2.45) is 0 Å². The van der Waals surface area contributed by atoms with Crippen LogP contribution in [0.1, 0.15) is 32.6 Å². The zero-order valence-corrected chi connectivity index (χ0v) is 20.3. The third-order valence-corrected chi connectivity index (χ3v) is 6.29. The van der Waals surface area contributed by atoms with Crippen molar-refractivity contribution in [3.05, 3.63) is 101 Å². The van der Waals surface area contributed by atoms with E-state index >= 15 is 0 Å². The van der Waals surface area contributed by atoms with E-state index in [0.29, 0.717) is 18.7 Å². The lowest BCUT2D eigenvalue weighted by molar-refractivity contribution is -0.138. The molecule has 9 heteroatoms. The highest BCUT2D eigenvalue weighted by atomic mass is 19.4. The highest BCUT2D eigenvalue weighted by Gasteiger charge is 2.34. The number of anilines is 1. The second-order valence-corrected chi connectivity index (χ2v) is 8.94. The van der Waals surface area contributed by atoms with Crippen LogP contribution in [0, 0.1) is 11.8 Å². The largest absolute Gasteiger partial charge is 0.416 e. The summed E-state index contributed by atoms with van der Waals surface area (Å²) in [5.41, 5.74) is 0.590. The summed E-state index contributed by atoms with van der Waals surface area (Å²) >= 11 is 0. The minimum absolute atomic E-state index is 0.0958. The van der Waals surface area contributed by atoms with Gasteiger partial charge in [0.1, 0.15) is 5.82 Å². The Morgan fingerprint density at radius 3 is 2.66 bits per heavy atom. The van der Waals surface area contributed by atoms with Crippen LogP contribution in [-0.2, 0) is 12.7 Å². The van der Waals surface area contributed by atoms with E-state index in [1.54, 1.807) is 24.5 Å². The Morgan fingerprint density at radius 1 is 1.03 bits per heavy atom. The normalized spacial score (nSPS) is 14.1. The number of pyridine rings is 2. The topological polar surface area (TPSA) is 70.2 Å². The molecule has 4 aromatic rings. The van der Waals surface area contributed by atoms with Crippen molar-refractivity contribution in [3.8, 4) is 11.8 Å². The van der Waals surface area contributed by atoms with Crippen LogP contribution >= 0.6 is 0 Å². The number of nitrogens with one attached hydrogen (secondary N) is 2. The van der Waals surface area contributed by atoms with Crippen LogP contribution in [0.25, 0.3) is 10.8 Å². The molecule has 192 valence electrons. The van der Waals surface area contributed by atoms with Crippen molar-refractivity contribution in [2.45, 2.75) is 12.7 Å². The van der Waals surface area contributed by atoms with Crippen LogP contribution in [0.4, 0.5) is 19.0 Å². The molecule has 2 aromatic heterocycles. The molecule has 1 aliphatic rings. The second kappa shape index (κ2) is 11.0. The zero-order chi connectivity index (χ0) is 26.5. The number of halogens is 3. The van der Waals surface area contributed by atoms with Gasteiger partial charge in [-0.15, -0.1) is 0 Å². The van der Waals surface area contributed by atoms with Gasteiger partial charge in [0.25, 0.3) is 5.91 Å². The highest BCUT2D eigenvalue weighted by Crippen LogP contribution is 2.33. The average Bonchev–Trinajstić information content (AvgIpc) is 2.92. The molecule has 0 aliphatic carbocycles. The minimum Gasteiger partial charge on any atom is -0.314 e. The molecule has 6 nitrogen and oxygen atoms in total. The summed E-state index contributed by atoms with van der Waals surface area (Å²) in [6.45, 7) is 2.98. The number of hydrogen-bond donors (Lipinski definition) is 2. The van der Waals surface area contributed by atoms with E-state index in [0.717, 1.165) is 35.5 Å². The van der Waals surface area contributed by atoms with Gasteiger partial charge in [-0.05, 0) is 29.8 Å². The van der Waals surface area contributed by atoms with E-state index in [1.165, 1.54) is 18.3 Å². The second-order valence-electron chi connectivity index (χ2n) is 8.94. The number of piperazine rings is 1. The van der Waals surface area contributed by atoms with Gasteiger partial charge in [0.2, 0.25) is 0 Å². The molecule has 38 heavy (non-hydrogen) atoms. The van der Waals surface area contributed by atoms with Crippen molar-refractivity contribution < 1.29 is 18.0 Å². The molecule has 0 atom stereocenters. The number of carbonyl (C=O) groups excluding carboxylic acids is 1. The van der Waals surface area contributed by atoms with Gasteiger partial charge in [0, 0.05) is 73.2 Å². The van der Waals surface area contributed by atoms with Crippen molar-refractivity contribution in [2.75, 3.05) is 31.5 Å².